The Hall–Kier alpha value is -4.16. The average molecular weight is 497 g/mol. The first-order valence-electron chi connectivity index (χ1n) is 9.48. The molecule has 0 atom stereocenters. The molecule has 1 aliphatic rings. The van der Waals surface area contributed by atoms with E-state index in [4.69, 9.17) is 17.0 Å². The highest BCUT2D eigenvalue weighted by molar-refractivity contribution is 8.27. The normalized spacial score (nSPS) is 14.5. The Morgan fingerprint density at radius 2 is 1.76 bits per heavy atom. The number of ether oxygens (including phenoxy) is 1. The predicted octanol–water partition coefficient (Wildman–Crippen LogP) is 5.84. The lowest BCUT2D eigenvalue weighted by molar-refractivity contribution is -0.394. The number of nitrogens with zero attached hydrogens (tertiary/aromatic N) is 3. The minimum atomic E-state index is -0.778. The van der Waals surface area contributed by atoms with Gasteiger partial charge in [-0.2, -0.15) is 0 Å². The number of thioether (sulfide) groups is 1. The Labute approximate surface area is 200 Å². The van der Waals surface area contributed by atoms with Crippen LogP contribution in [0, 0.1) is 26.0 Å². The van der Waals surface area contributed by atoms with Gasteiger partial charge in [-0.15, -0.1) is 0 Å². The van der Waals surface area contributed by atoms with E-state index < -0.39 is 32.9 Å². The van der Waals surface area contributed by atoms with Gasteiger partial charge in [0, 0.05) is 6.07 Å². The van der Waals surface area contributed by atoms with Crippen LogP contribution in [0.15, 0.2) is 71.6 Å². The summed E-state index contributed by atoms with van der Waals surface area (Å²) in [5.41, 5.74) is -0.429. The smallest absolute Gasteiger partial charge is 0.318 e. The fourth-order valence-corrected chi connectivity index (χ4v) is 4.39. The van der Waals surface area contributed by atoms with E-state index in [0.717, 1.165) is 34.9 Å². The fourth-order valence-electron chi connectivity index (χ4n) is 3.10. The molecule has 1 saturated heterocycles. The van der Waals surface area contributed by atoms with Crippen molar-refractivity contribution in [1.82, 2.24) is 0 Å². The van der Waals surface area contributed by atoms with Gasteiger partial charge in [0.2, 0.25) is 5.75 Å². The summed E-state index contributed by atoms with van der Waals surface area (Å²) in [4.78, 5) is 35.0. The lowest BCUT2D eigenvalue weighted by atomic mass is 10.2. The average Bonchev–Trinajstić information content (AvgIpc) is 3.07. The summed E-state index contributed by atoms with van der Waals surface area (Å²) >= 11 is 6.27. The number of carbonyl (C=O) groups excluding carboxylic acids is 1. The van der Waals surface area contributed by atoms with E-state index in [1.807, 2.05) is 0 Å². The van der Waals surface area contributed by atoms with Crippen LogP contribution in [0.4, 0.5) is 21.5 Å². The maximum atomic E-state index is 14.2. The largest absolute Gasteiger partial charge is 0.450 e. The summed E-state index contributed by atoms with van der Waals surface area (Å²) in [6, 6.07) is 15.2. The molecule has 1 fully saturated rings. The van der Waals surface area contributed by atoms with Crippen LogP contribution in [0.2, 0.25) is 0 Å². The van der Waals surface area contributed by atoms with Crippen LogP contribution >= 0.6 is 24.0 Å². The van der Waals surface area contributed by atoms with Crippen LogP contribution in [0.3, 0.4) is 0 Å². The van der Waals surface area contributed by atoms with Crippen molar-refractivity contribution in [3.05, 3.63) is 103 Å². The van der Waals surface area contributed by atoms with Gasteiger partial charge in [0.25, 0.3) is 11.6 Å². The van der Waals surface area contributed by atoms with Crippen LogP contribution in [-0.4, -0.2) is 20.1 Å². The minimum absolute atomic E-state index is 0.0518. The van der Waals surface area contributed by atoms with E-state index in [-0.39, 0.29) is 26.4 Å². The summed E-state index contributed by atoms with van der Waals surface area (Å²) < 4.78 is 19.9. The number of non-ortho nitro benzene ring substituents is 1. The third-order valence-electron chi connectivity index (χ3n) is 4.62. The number of thiocarbonyl (C=S) groups is 1. The Kier molecular flexibility index (Phi) is 6.34. The highest BCUT2D eigenvalue weighted by atomic mass is 32.2. The lowest BCUT2D eigenvalue weighted by Crippen LogP contribution is -2.28. The predicted molar refractivity (Wildman–Crippen MR) is 128 cm³/mol. The Bertz CT molecular complexity index is 1390. The highest BCUT2D eigenvalue weighted by Crippen LogP contribution is 2.38. The Morgan fingerprint density at radius 3 is 2.47 bits per heavy atom. The fraction of sp³-hybridized carbons (Fsp3) is 0. The molecule has 4 rings (SSSR count). The van der Waals surface area contributed by atoms with Gasteiger partial charge >= 0.3 is 5.69 Å². The topological polar surface area (TPSA) is 116 Å². The van der Waals surface area contributed by atoms with Crippen LogP contribution < -0.4 is 9.64 Å². The SMILES string of the molecule is O=C1/C(=C/c2cccc(Oc3ccc([N+](=O)[O-])cc3[N+](=O)[O-])c2)SC(=S)N1c1ccccc1F. The third kappa shape index (κ3) is 4.63. The zero-order chi connectivity index (χ0) is 24.4. The quantitative estimate of drug-likeness (QED) is 0.180. The molecule has 170 valence electrons. The van der Waals surface area contributed by atoms with Gasteiger partial charge in [0.1, 0.15) is 11.6 Å². The number of para-hydroxylation sites is 1. The van der Waals surface area contributed by atoms with Crippen molar-refractivity contribution in [1.29, 1.82) is 0 Å². The van der Waals surface area contributed by atoms with Crippen LogP contribution in [0.1, 0.15) is 5.56 Å². The molecule has 9 nitrogen and oxygen atoms in total. The summed E-state index contributed by atoms with van der Waals surface area (Å²) in [6.45, 7) is 0. The minimum Gasteiger partial charge on any atom is -0.450 e. The standard InChI is InChI=1S/C22H12FN3O6S2/c23-16-6-1-2-7-17(16)24-21(27)20(34-22(24)33)11-13-4-3-5-15(10-13)32-19-9-8-14(25(28)29)12-18(19)26(30)31/h1-12H/b20-11-. The number of nitro benzene ring substituents is 2. The molecule has 0 saturated carbocycles. The highest BCUT2D eigenvalue weighted by Gasteiger charge is 2.34. The molecule has 0 spiro atoms. The maximum absolute atomic E-state index is 14.2. The van der Waals surface area contributed by atoms with Crippen LogP contribution in [-0.2, 0) is 4.79 Å². The van der Waals surface area contributed by atoms with E-state index in [0.29, 0.717) is 5.56 Å². The first-order chi connectivity index (χ1) is 16.2. The zero-order valence-corrected chi connectivity index (χ0v) is 18.5. The second-order valence-electron chi connectivity index (χ2n) is 6.81. The molecular formula is C22H12FN3O6S2. The maximum Gasteiger partial charge on any atom is 0.318 e. The second-order valence-corrected chi connectivity index (χ2v) is 8.49. The number of benzene rings is 3. The number of halogens is 1. The number of hydrogen-bond acceptors (Lipinski definition) is 8. The number of anilines is 1. The molecular weight excluding hydrogens is 485 g/mol. The zero-order valence-electron chi connectivity index (χ0n) is 16.9. The molecule has 0 radical (unpaired) electrons. The number of carbonyl (C=O) groups is 1. The monoisotopic (exact) mass is 497 g/mol. The molecule has 0 unspecified atom stereocenters. The van der Waals surface area contributed by atoms with E-state index in [1.165, 1.54) is 36.4 Å². The first-order valence-corrected chi connectivity index (χ1v) is 10.7. The summed E-state index contributed by atoms with van der Waals surface area (Å²) in [5, 5.41) is 22.2. The van der Waals surface area contributed by atoms with E-state index in [1.54, 1.807) is 18.2 Å². The van der Waals surface area contributed by atoms with Crippen molar-refractivity contribution in [3.63, 3.8) is 0 Å². The van der Waals surface area contributed by atoms with Crippen molar-refractivity contribution in [2.75, 3.05) is 4.90 Å². The van der Waals surface area contributed by atoms with E-state index in [2.05, 4.69) is 0 Å². The van der Waals surface area contributed by atoms with Gasteiger partial charge in [-0.25, -0.2) is 4.39 Å². The lowest BCUT2D eigenvalue weighted by Gasteiger charge is -2.14. The summed E-state index contributed by atoms with van der Waals surface area (Å²) in [5.74, 6) is -1.05. The molecule has 3 aromatic rings. The van der Waals surface area contributed by atoms with Gasteiger partial charge in [0.05, 0.1) is 26.5 Å². The molecule has 34 heavy (non-hydrogen) atoms. The van der Waals surface area contributed by atoms with Crippen molar-refractivity contribution < 1.29 is 23.8 Å². The first kappa shape index (κ1) is 23.0. The van der Waals surface area contributed by atoms with Gasteiger partial charge < -0.3 is 4.74 Å². The van der Waals surface area contributed by atoms with Crippen molar-refractivity contribution in [2.24, 2.45) is 0 Å². The van der Waals surface area contributed by atoms with Crippen LogP contribution in [0.25, 0.3) is 6.08 Å². The molecule has 1 amide bonds. The molecule has 1 aliphatic heterocycles. The molecule has 1 heterocycles. The van der Waals surface area contributed by atoms with Gasteiger partial charge in [0.15, 0.2) is 4.32 Å². The van der Waals surface area contributed by atoms with Crippen molar-refractivity contribution in [2.45, 2.75) is 0 Å². The van der Waals surface area contributed by atoms with Gasteiger partial charge in [-0.1, -0.05) is 48.2 Å². The van der Waals surface area contributed by atoms with Gasteiger partial charge in [-0.3, -0.25) is 29.9 Å². The van der Waals surface area contributed by atoms with Crippen molar-refractivity contribution >= 4 is 57.3 Å². The molecule has 0 aliphatic carbocycles. The molecule has 12 heteroatoms. The van der Waals surface area contributed by atoms with Crippen LogP contribution in [0.5, 0.6) is 11.5 Å². The second kappa shape index (κ2) is 9.37. The summed E-state index contributed by atoms with van der Waals surface area (Å²) in [7, 11) is 0. The van der Waals surface area contributed by atoms with E-state index in [9.17, 15) is 29.4 Å². The van der Waals surface area contributed by atoms with Gasteiger partial charge in [-0.05, 0) is 42.0 Å². The Morgan fingerprint density at radius 1 is 1.00 bits per heavy atom. The number of nitro groups is 2. The number of amides is 1. The van der Waals surface area contributed by atoms with E-state index >= 15 is 0 Å². The molecule has 0 N–H and O–H groups in total. The Balaban J connectivity index is 1.61. The van der Waals surface area contributed by atoms with Crippen molar-refractivity contribution in [3.8, 4) is 11.5 Å². The number of rotatable bonds is 6. The molecule has 0 aromatic heterocycles. The third-order valence-corrected chi connectivity index (χ3v) is 5.92. The molecule has 3 aromatic carbocycles. The summed E-state index contributed by atoms with van der Waals surface area (Å²) in [6.07, 6.45) is 1.54. The molecule has 0 bridgehead atoms. The number of hydrogen-bond donors (Lipinski definition) is 0.